The minimum absolute atomic E-state index is 0.0444. The van der Waals surface area contributed by atoms with Crippen molar-refractivity contribution in [3.05, 3.63) is 0 Å². The number of nitrogens with zero attached hydrogens (tertiary/aromatic N) is 1. The smallest absolute Gasteiger partial charge is 0.330 e. The van der Waals surface area contributed by atoms with Crippen LogP contribution in [0.2, 0.25) is 0 Å². The maximum Gasteiger partial charge on any atom is 0.330 e. The summed E-state index contributed by atoms with van der Waals surface area (Å²) in [5, 5.41) is 13.0. The number of hydrogen-bond donors (Lipinski definition) is 3. The third kappa shape index (κ3) is 2.82. The lowest BCUT2D eigenvalue weighted by molar-refractivity contribution is -0.144. The molecule has 1 aliphatic carbocycles. The Labute approximate surface area is 88.6 Å². The van der Waals surface area contributed by atoms with Crippen LogP contribution in [0.1, 0.15) is 19.8 Å². The molecule has 6 nitrogen and oxygen atoms in total. The monoisotopic (exact) mass is 215 g/mol. The fourth-order valence-electron chi connectivity index (χ4n) is 1.46. The number of urea groups is 1. The van der Waals surface area contributed by atoms with Gasteiger partial charge in [0.15, 0.2) is 0 Å². The number of carbonyl (C=O) groups excluding carboxylic acids is 1. The van der Waals surface area contributed by atoms with Crippen LogP contribution >= 0.6 is 0 Å². The first-order valence-corrected chi connectivity index (χ1v) is 4.86. The molecular formula is C9H17N3O3. The van der Waals surface area contributed by atoms with Crippen LogP contribution in [0.5, 0.6) is 0 Å². The molecule has 0 aromatic rings. The third-order valence-electron chi connectivity index (χ3n) is 2.54. The van der Waals surface area contributed by atoms with E-state index in [-0.39, 0.29) is 5.92 Å². The summed E-state index contributed by atoms with van der Waals surface area (Å²) >= 11 is 0. The summed E-state index contributed by atoms with van der Waals surface area (Å²) in [7, 11) is 3.32. The van der Waals surface area contributed by atoms with Crippen LogP contribution in [0, 0.1) is 5.92 Å². The molecule has 86 valence electrons. The summed E-state index contributed by atoms with van der Waals surface area (Å²) in [6.45, 7) is 1.54. The Kier molecular flexibility index (Phi) is 3.18. The average molecular weight is 215 g/mol. The molecule has 1 rings (SSSR count). The van der Waals surface area contributed by atoms with Crippen LogP contribution in [0.4, 0.5) is 4.79 Å². The number of hydrogen-bond acceptors (Lipinski definition) is 3. The molecule has 0 aromatic heterocycles. The summed E-state index contributed by atoms with van der Waals surface area (Å²) in [5.41, 5.74) is 1.30. The van der Waals surface area contributed by atoms with E-state index in [4.69, 9.17) is 5.11 Å². The van der Waals surface area contributed by atoms with Gasteiger partial charge >= 0.3 is 12.0 Å². The number of carboxylic acid groups (broad SMARTS) is 1. The van der Waals surface area contributed by atoms with Crippen molar-refractivity contribution < 1.29 is 14.7 Å². The van der Waals surface area contributed by atoms with Crippen molar-refractivity contribution >= 4 is 12.0 Å². The molecule has 0 spiro atoms. The van der Waals surface area contributed by atoms with E-state index in [9.17, 15) is 9.59 Å². The summed E-state index contributed by atoms with van der Waals surface area (Å²) in [6.07, 6.45) is 1.70. The molecule has 0 aliphatic heterocycles. The molecule has 15 heavy (non-hydrogen) atoms. The highest BCUT2D eigenvalue weighted by atomic mass is 16.4. The van der Waals surface area contributed by atoms with Gasteiger partial charge in [-0.25, -0.2) is 14.6 Å². The molecule has 2 amide bonds. The van der Waals surface area contributed by atoms with Crippen LogP contribution in [0.25, 0.3) is 0 Å². The Balaban J connectivity index is 2.59. The molecule has 0 radical (unpaired) electrons. The summed E-state index contributed by atoms with van der Waals surface area (Å²) in [5.74, 6) is -0.943. The fourth-order valence-corrected chi connectivity index (χ4v) is 1.46. The van der Waals surface area contributed by atoms with Gasteiger partial charge in [0.05, 0.1) is 0 Å². The Morgan fingerprint density at radius 2 is 1.93 bits per heavy atom. The highest BCUT2D eigenvalue weighted by Crippen LogP contribution is 2.39. The Bertz CT molecular complexity index is 276. The van der Waals surface area contributed by atoms with Gasteiger partial charge in [0.25, 0.3) is 0 Å². The third-order valence-corrected chi connectivity index (χ3v) is 2.54. The minimum Gasteiger partial charge on any atom is -0.480 e. The molecule has 6 heteroatoms. The van der Waals surface area contributed by atoms with Crippen molar-refractivity contribution in [1.82, 2.24) is 15.8 Å². The van der Waals surface area contributed by atoms with Crippen molar-refractivity contribution in [2.75, 3.05) is 14.1 Å². The minimum atomic E-state index is -1.15. The van der Waals surface area contributed by atoms with Gasteiger partial charge in [0.1, 0.15) is 5.54 Å². The van der Waals surface area contributed by atoms with Crippen LogP contribution in [0.15, 0.2) is 0 Å². The molecule has 0 aromatic carbocycles. The normalized spacial score (nSPS) is 19.5. The van der Waals surface area contributed by atoms with E-state index in [1.165, 1.54) is 5.01 Å². The van der Waals surface area contributed by atoms with Crippen molar-refractivity contribution in [2.45, 2.75) is 25.3 Å². The van der Waals surface area contributed by atoms with Gasteiger partial charge in [-0.05, 0) is 25.7 Å². The van der Waals surface area contributed by atoms with E-state index in [2.05, 4.69) is 10.7 Å². The lowest BCUT2D eigenvalue weighted by Crippen LogP contribution is -2.58. The maximum atomic E-state index is 11.4. The topological polar surface area (TPSA) is 81.7 Å². The van der Waals surface area contributed by atoms with Crippen LogP contribution < -0.4 is 10.7 Å². The number of amides is 2. The van der Waals surface area contributed by atoms with Gasteiger partial charge in [-0.2, -0.15) is 0 Å². The van der Waals surface area contributed by atoms with Gasteiger partial charge in [0, 0.05) is 14.1 Å². The number of carboxylic acids is 1. The zero-order chi connectivity index (χ0) is 11.6. The van der Waals surface area contributed by atoms with Crippen LogP contribution in [0.3, 0.4) is 0 Å². The molecule has 1 unspecified atom stereocenters. The molecule has 1 atom stereocenters. The summed E-state index contributed by atoms with van der Waals surface area (Å²) in [6, 6.07) is -0.489. The lowest BCUT2D eigenvalue weighted by atomic mass is 9.96. The summed E-state index contributed by atoms with van der Waals surface area (Å²) < 4.78 is 0. The van der Waals surface area contributed by atoms with Gasteiger partial charge in [0.2, 0.25) is 0 Å². The number of hydrazine groups is 1. The molecular weight excluding hydrogens is 198 g/mol. The van der Waals surface area contributed by atoms with E-state index >= 15 is 0 Å². The molecule has 1 fully saturated rings. The molecule has 3 N–H and O–H groups in total. The standard InChI is InChI=1S/C9H17N3O3/c1-9(7(13)14,6-4-5-6)10-8(15)11-12(2)3/h6H,4-5H2,1-3H3,(H,13,14)(H2,10,11,15). The number of aliphatic carboxylic acids is 1. The van der Waals surface area contributed by atoms with E-state index in [0.717, 1.165) is 12.8 Å². The van der Waals surface area contributed by atoms with Crippen molar-refractivity contribution in [3.8, 4) is 0 Å². The molecule has 1 saturated carbocycles. The lowest BCUT2D eigenvalue weighted by Gasteiger charge is -2.27. The van der Waals surface area contributed by atoms with Gasteiger partial charge in [-0.3, -0.25) is 5.43 Å². The Hall–Kier alpha value is -1.30. The van der Waals surface area contributed by atoms with Gasteiger partial charge in [-0.1, -0.05) is 0 Å². The predicted molar refractivity (Wildman–Crippen MR) is 54.1 cm³/mol. The largest absolute Gasteiger partial charge is 0.480 e. The number of rotatable bonds is 4. The highest BCUT2D eigenvalue weighted by molar-refractivity contribution is 5.86. The summed E-state index contributed by atoms with van der Waals surface area (Å²) in [4.78, 5) is 22.4. The predicted octanol–water partition coefficient (Wildman–Crippen LogP) is 0.0155. The highest BCUT2D eigenvalue weighted by Gasteiger charge is 2.48. The van der Waals surface area contributed by atoms with Crippen molar-refractivity contribution in [3.63, 3.8) is 0 Å². The number of carbonyl (C=O) groups is 2. The first kappa shape index (κ1) is 11.8. The zero-order valence-electron chi connectivity index (χ0n) is 9.20. The van der Waals surface area contributed by atoms with E-state index < -0.39 is 17.5 Å². The SMILES string of the molecule is CN(C)NC(=O)NC(C)(C(=O)O)C1CC1. The van der Waals surface area contributed by atoms with E-state index in [0.29, 0.717) is 0 Å². The maximum absolute atomic E-state index is 11.4. The van der Waals surface area contributed by atoms with E-state index in [1.54, 1.807) is 21.0 Å². The molecule has 1 aliphatic rings. The zero-order valence-corrected chi connectivity index (χ0v) is 9.20. The fraction of sp³-hybridized carbons (Fsp3) is 0.778. The van der Waals surface area contributed by atoms with Crippen LogP contribution in [-0.2, 0) is 4.79 Å². The molecule has 0 bridgehead atoms. The number of nitrogens with one attached hydrogen (secondary N) is 2. The van der Waals surface area contributed by atoms with Crippen molar-refractivity contribution in [1.29, 1.82) is 0 Å². The second-order valence-electron chi connectivity index (χ2n) is 4.24. The van der Waals surface area contributed by atoms with Gasteiger partial charge < -0.3 is 10.4 Å². The van der Waals surface area contributed by atoms with Gasteiger partial charge in [-0.15, -0.1) is 0 Å². The Morgan fingerprint density at radius 1 is 1.40 bits per heavy atom. The molecule has 0 saturated heterocycles. The average Bonchev–Trinajstić information content (AvgIpc) is 2.82. The first-order valence-electron chi connectivity index (χ1n) is 4.86. The first-order chi connectivity index (χ1) is 6.86. The second-order valence-corrected chi connectivity index (χ2v) is 4.24. The molecule has 0 heterocycles. The van der Waals surface area contributed by atoms with Crippen molar-refractivity contribution in [2.24, 2.45) is 5.92 Å². The Morgan fingerprint density at radius 3 is 2.27 bits per heavy atom. The van der Waals surface area contributed by atoms with E-state index in [1.807, 2.05) is 0 Å². The van der Waals surface area contributed by atoms with Crippen LogP contribution in [-0.4, -0.2) is 41.8 Å². The quantitative estimate of drug-likeness (QED) is 0.577. The second kappa shape index (κ2) is 4.06.